The average Bonchev–Trinajstić information content (AvgIpc) is 2.44. The molecule has 0 saturated carbocycles. The van der Waals surface area contributed by atoms with Gasteiger partial charge in [-0.2, -0.15) is 0 Å². The van der Waals surface area contributed by atoms with Gasteiger partial charge in [0.15, 0.2) is 0 Å². The fourth-order valence-corrected chi connectivity index (χ4v) is 2.92. The lowest BCUT2D eigenvalue weighted by molar-refractivity contribution is -0.120. The fraction of sp³-hybridized carbons (Fsp3) is 0.500. The maximum atomic E-state index is 12.2. The Kier molecular flexibility index (Phi) is 6.17. The minimum Gasteiger partial charge on any atom is -0.497 e. The number of carbonyl (C=O) groups is 1. The Balaban J connectivity index is 2.76. The summed E-state index contributed by atoms with van der Waals surface area (Å²) < 4.78 is 31.7. The van der Waals surface area contributed by atoms with Gasteiger partial charge in [0.05, 0.1) is 18.6 Å². The summed E-state index contributed by atoms with van der Waals surface area (Å²) in [6.45, 7) is 5.20. The summed E-state index contributed by atoms with van der Waals surface area (Å²) in [5.41, 5.74) is 0.559. The number of nitrogens with one attached hydrogen (secondary N) is 2. The highest BCUT2D eigenvalue weighted by Crippen LogP contribution is 2.20. The van der Waals surface area contributed by atoms with Crippen molar-refractivity contribution in [3.8, 4) is 5.75 Å². The molecule has 0 aliphatic heterocycles. The molecule has 0 aromatic heterocycles. The van der Waals surface area contributed by atoms with Crippen molar-refractivity contribution in [2.45, 2.75) is 38.1 Å². The van der Waals surface area contributed by atoms with E-state index in [9.17, 15) is 13.2 Å². The number of rotatable bonds is 7. The first-order valence-corrected chi connectivity index (χ1v) is 8.22. The van der Waals surface area contributed by atoms with Gasteiger partial charge in [-0.25, -0.2) is 13.1 Å². The Labute approximate surface area is 125 Å². The maximum absolute atomic E-state index is 12.2. The van der Waals surface area contributed by atoms with Gasteiger partial charge in [-0.05, 0) is 44.0 Å². The Hall–Kier alpha value is -1.60. The second kappa shape index (κ2) is 7.42. The van der Waals surface area contributed by atoms with Gasteiger partial charge < -0.3 is 10.1 Å². The minimum absolute atomic E-state index is 0.0183. The van der Waals surface area contributed by atoms with Crippen molar-refractivity contribution in [3.63, 3.8) is 0 Å². The lowest BCUT2D eigenvalue weighted by Crippen LogP contribution is -2.40. The zero-order valence-electron chi connectivity index (χ0n) is 12.8. The van der Waals surface area contributed by atoms with Crippen LogP contribution in [0.4, 0.5) is 0 Å². The van der Waals surface area contributed by atoms with Crippen LogP contribution in [0, 0.1) is 6.92 Å². The first-order chi connectivity index (χ1) is 9.80. The summed E-state index contributed by atoms with van der Waals surface area (Å²) in [5, 5.41) is 2.70. The van der Waals surface area contributed by atoms with Gasteiger partial charge in [-0.1, -0.05) is 6.92 Å². The zero-order valence-corrected chi connectivity index (χ0v) is 13.6. The lowest BCUT2D eigenvalue weighted by atomic mass is 10.2. The molecule has 1 aromatic carbocycles. The standard InChI is InChI=1S/C14H22N2O4S/c1-5-11(3)16-14(17)9-15-21(18,19)13-7-6-12(20-4)8-10(13)2/h6-8,11,15H,5,9H2,1-4H3,(H,16,17). The second-order valence-corrected chi connectivity index (χ2v) is 6.57. The third-order valence-corrected chi connectivity index (χ3v) is 4.68. The molecule has 1 aromatic rings. The SMILES string of the molecule is CCC(C)NC(=O)CNS(=O)(=O)c1ccc(OC)cc1C. The lowest BCUT2D eigenvalue weighted by Gasteiger charge is -2.13. The van der Waals surface area contributed by atoms with E-state index in [2.05, 4.69) is 10.0 Å². The molecule has 7 heteroatoms. The summed E-state index contributed by atoms with van der Waals surface area (Å²) in [5.74, 6) is 0.236. The van der Waals surface area contributed by atoms with Crippen molar-refractivity contribution in [2.24, 2.45) is 0 Å². The molecule has 1 unspecified atom stereocenters. The van der Waals surface area contributed by atoms with E-state index >= 15 is 0 Å². The normalized spacial score (nSPS) is 12.8. The fourth-order valence-electron chi connectivity index (χ4n) is 1.72. The molecule has 0 saturated heterocycles. The third-order valence-electron chi connectivity index (χ3n) is 3.11. The van der Waals surface area contributed by atoms with Crippen molar-refractivity contribution in [1.29, 1.82) is 0 Å². The van der Waals surface area contributed by atoms with E-state index in [0.29, 0.717) is 11.3 Å². The van der Waals surface area contributed by atoms with Crippen molar-refractivity contribution < 1.29 is 17.9 Å². The highest BCUT2D eigenvalue weighted by Gasteiger charge is 2.18. The van der Waals surface area contributed by atoms with E-state index in [1.165, 1.54) is 13.2 Å². The van der Waals surface area contributed by atoms with Gasteiger partial charge >= 0.3 is 0 Å². The number of ether oxygens (including phenoxy) is 1. The highest BCUT2D eigenvalue weighted by molar-refractivity contribution is 7.89. The molecule has 0 aliphatic rings. The molecule has 118 valence electrons. The summed E-state index contributed by atoms with van der Waals surface area (Å²) in [4.78, 5) is 11.8. The van der Waals surface area contributed by atoms with Gasteiger partial charge in [0.25, 0.3) is 0 Å². The van der Waals surface area contributed by atoms with Crippen LogP contribution in [0.2, 0.25) is 0 Å². The first kappa shape index (κ1) is 17.5. The molecule has 0 radical (unpaired) electrons. The van der Waals surface area contributed by atoms with Gasteiger partial charge in [-0.3, -0.25) is 4.79 Å². The maximum Gasteiger partial charge on any atom is 0.241 e. The van der Waals surface area contributed by atoms with Crippen molar-refractivity contribution in [2.75, 3.05) is 13.7 Å². The van der Waals surface area contributed by atoms with Gasteiger partial charge in [0.1, 0.15) is 5.75 Å². The van der Waals surface area contributed by atoms with E-state index in [-0.39, 0.29) is 23.4 Å². The van der Waals surface area contributed by atoms with Crippen LogP contribution in [0.3, 0.4) is 0 Å². The number of methoxy groups -OCH3 is 1. The van der Waals surface area contributed by atoms with E-state index < -0.39 is 10.0 Å². The quantitative estimate of drug-likeness (QED) is 0.792. The number of hydrogen-bond donors (Lipinski definition) is 2. The monoisotopic (exact) mass is 314 g/mol. The molecular weight excluding hydrogens is 292 g/mol. The molecule has 1 atom stereocenters. The van der Waals surface area contributed by atoms with Crippen LogP contribution in [0.25, 0.3) is 0 Å². The summed E-state index contributed by atoms with van der Waals surface area (Å²) in [6, 6.07) is 4.68. The number of benzene rings is 1. The number of amides is 1. The number of carbonyl (C=O) groups excluding carboxylic acids is 1. The van der Waals surface area contributed by atoms with E-state index in [4.69, 9.17) is 4.74 Å². The van der Waals surface area contributed by atoms with Gasteiger partial charge in [-0.15, -0.1) is 0 Å². The number of sulfonamides is 1. The molecule has 0 aliphatic carbocycles. The van der Waals surface area contributed by atoms with Crippen LogP contribution < -0.4 is 14.8 Å². The molecule has 1 amide bonds. The molecular formula is C14H22N2O4S. The average molecular weight is 314 g/mol. The Bertz CT molecular complexity index is 599. The van der Waals surface area contributed by atoms with Gasteiger partial charge in [0, 0.05) is 6.04 Å². The predicted molar refractivity (Wildman–Crippen MR) is 80.8 cm³/mol. The zero-order chi connectivity index (χ0) is 16.0. The van der Waals surface area contributed by atoms with Crippen LogP contribution in [-0.4, -0.2) is 34.0 Å². The highest BCUT2D eigenvalue weighted by atomic mass is 32.2. The molecule has 21 heavy (non-hydrogen) atoms. The van der Waals surface area contributed by atoms with Gasteiger partial charge in [0.2, 0.25) is 15.9 Å². The largest absolute Gasteiger partial charge is 0.497 e. The predicted octanol–water partition coefficient (Wildman–Crippen LogP) is 1.20. The van der Waals surface area contributed by atoms with Crippen LogP contribution in [0.15, 0.2) is 23.1 Å². The van der Waals surface area contributed by atoms with Crippen molar-refractivity contribution >= 4 is 15.9 Å². The number of hydrogen-bond acceptors (Lipinski definition) is 4. The van der Waals surface area contributed by atoms with Crippen molar-refractivity contribution in [1.82, 2.24) is 10.0 Å². The summed E-state index contributed by atoms with van der Waals surface area (Å²) in [6.07, 6.45) is 0.788. The van der Waals surface area contributed by atoms with Crippen LogP contribution in [0.5, 0.6) is 5.75 Å². The Morgan fingerprint density at radius 1 is 1.38 bits per heavy atom. The topological polar surface area (TPSA) is 84.5 Å². The smallest absolute Gasteiger partial charge is 0.241 e. The molecule has 0 heterocycles. The van der Waals surface area contributed by atoms with E-state index in [1.807, 2.05) is 13.8 Å². The van der Waals surface area contributed by atoms with E-state index in [0.717, 1.165) is 6.42 Å². The second-order valence-electron chi connectivity index (χ2n) is 4.83. The molecule has 0 bridgehead atoms. The molecule has 0 spiro atoms. The minimum atomic E-state index is -3.72. The van der Waals surface area contributed by atoms with Crippen LogP contribution >= 0.6 is 0 Å². The van der Waals surface area contributed by atoms with Crippen LogP contribution in [0.1, 0.15) is 25.8 Å². The van der Waals surface area contributed by atoms with Crippen LogP contribution in [-0.2, 0) is 14.8 Å². The van der Waals surface area contributed by atoms with E-state index in [1.54, 1.807) is 19.1 Å². The first-order valence-electron chi connectivity index (χ1n) is 6.73. The molecule has 6 nitrogen and oxygen atoms in total. The number of aryl methyl sites for hydroxylation is 1. The van der Waals surface area contributed by atoms with Crippen molar-refractivity contribution in [3.05, 3.63) is 23.8 Å². The molecule has 0 fully saturated rings. The third kappa shape index (κ3) is 5.02. The molecule has 2 N–H and O–H groups in total. The summed E-state index contributed by atoms with van der Waals surface area (Å²) in [7, 11) is -2.21. The molecule has 1 rings (SSSR count). The summed E-state index contributed by atoms with van der Waals surface area (Å²) >= 11 is 0. The Morgan fingerprint density at radius 2 is 2.05 bits per heavy atom. The Morgan fingerprint density at radius 3 is 2.57 bits per heavy atom.